The van der Waals surface area contributed by atoms with Crippen molar-refractivity contribution >= 4 is 17.4 Å². The Bertz CT molecular complexity index is 541. The van der Waals surface area contributed by atoms with Crippen molar-refractivity contribution in [1.82, 2.24) is 10.6 Å². The van der Waals surface area contributed by atoms with Gasteiger partial charge in [0.15, 0.2) is 0 Å². The number of hydrogen-bond acceptors (Lipinski definition) is 3. The van der Waals surface area contributed by atoms with Crippen LogP contribution in [0, 0.1) is 0 Å². The van der Waals surface area contributed by atoms with Crippen LogP contribution in [-0.2, 0) is 24.4 Å². The molecule has 0 fully saturated rings. The molecule has 2 rings (SSSR count). The van der Waals surface area contributed by atoms with E-state index in [4.69, 9.17) is 4.74 Å². The maximum atomic E-state index is 11.7. The summed E-state index contributed by atoms with van der Waals surface area (Å²) >= 11 is 1.63. The Morgan fingerprint density at radius 3 is 2.55 bits per heavy atom. The molecule has 0 radical (unpaired) electrons. The third kappa shape index (κ3) is 4.36. The Labute approximate surface area is 122 Å². The lowest BCUT2D eigenvalue weighted by Crippen LogP contribution is -2.34. The Balaban J connectivity index is 1.81. The van der Waals surface area contributed by atoms with Gasteiger partial charge >= 0.3 is 6.03 Å². The summed E-state index contributed by atoms with van der Waals surface area (Å²) in [5.41, 5.74) is 2.16. The predicted molar refractivity (Wildman–Crippen MR) is 80.5 cm³/mol. The molecule has 5 heteroatoms. The second kappa shape index (κ2) is 7.67. The molecule has 1 heterocycles. The molecule has 1 aromatic heterocycles. The van der Waals surface area contributed by atoms with Gasteiger partial charge in [0.1, 0.15) is 0 Å². The van der Waals surface area contributed by atoms with Crippen molar-refractivity contribution in [3.05, 3.63) is 57.8 Å². The van der Waals surface area contributed by atoms with E-state index in [0.29, 0.717) is 19.7 Å². The smallest absolute Gasteiger partial charge is 0.315 e. The summed E-state index contributed by atoms with van der Waals surface area (Å²) in [6.45, 7) is 1.60. The maximum absolute atomic E-state index is 11.7. The van der Waals surface area contributed by atoms with Crippen molar-refractivity contribution in [3.63, 3.8) is 0 Å². The van der Waals surface area contributed by atoms with Crippen LogP contribution in [0.15, 0.2) is 41.8 Å². The summed E-state index contributed by atoms with van der Waals surface area (Å²) in [6, 6.07) is 11.7. The van der Waals surface area contributed by atoms with Gasteiger partial charge in [0.05, 0.1) is 13.2 Å². The first-order chi connectivity index (χ1) is 9.79. The fourth-order valence-corrected chi connectivity index (χ4v) is 2.49. The molecule has 20 heavy (non-hydrogen) atoms. The number of benzene rings is 1. The first kappa shape index (κ1) is 14.6. The lowest BCUT2D eigenvalue weighted by atomic mass is 10.1. The van der Waals surface area contributed by atoms with Gasteiger partial charge in [0.2, 0.25) is 0 Å². The summed E-state index contributed by atoms with van der Waals surface area (Å²) < 4.78 is 5.14. The molecule has 2 amide bonds. The molecule has 2 N–H and O–H groups in total. The molecular weight excluding hydrogens is 272 g/mol. The summed E-state index contributed by atoms with van der Waals surface area (Å²) in [5.74, 6) is 0. The van der Waals surface area contributed by atoms with E-state index < -0.39 is 0 Å². The Morgan fingerprint density at radius 1 is 1.10 bits per heavy atom. The van der Waals surface area contributed by atoms with Gasteiger partial charge in [-0.3, -0.25) is 0 Å². The Kier molecular flexibility index (Phi) is 5.58. The minimum Gasteiger partial charge on any atom is -0.380 e. The highest BCUT2D eigenvalue weighted by Crippen LogP contribution is 2.10. The van der Waals surface area contributed by atoms with E-state index in [1.807, 2.05) is 41.8 Å². The number of methoxy groups -OCH3 is 1. The van der Waals surface area contributed by atoms with Crippen molar-refractivity contribution < 1.29 is 9.53 Å². The Hall–Kier alpha value is -1.85. The molecule has 1 aromatic carbocycles. The molecule has 0 unspecified atom stereocenters. The van der Waals surface area contributed by atoms with E-state index in [-0.39, 0.29) is 6.03 Å². The van der Waals surface area contributed by atoms with Crippen molar-refractivity contribution in [2.75, 3.05) is 7.11 Å². The third-order valence-corrected chi connectivity index (χ3v) is 3.74. The number of nitrogens with one attached hydrogen (secondary N) is 2. The lowest BCUT2D eigenvalue weighted by Gasteiger charge is -2.10. The van der Waals surface area contributed by atoms with E-state index in [9.17, 15) is 4.79 Å². The second-order valence-corrected chi connectivity index (χ2v) is 5.35. The summed E-state index contributed by atoms with van der Waals surface area (Å²) in [6.07, 6.45) is 0. The van der Waals surface area contributed by atoms with Gasteiger partial charge in [-0.05, 0) is 22.6 Å². The molecule has 0 saturated heterocycles. The number of hydrogen-bond donors (Lipinski definition) is 2. The summed E-state index contributed by atoms with van der Waals surface area (Å²) in [7, 11) is 1.66. The zero-order valence-electron chi connectivity index (χ0n) is 11.4. The average molecular weight is 290 g/mol. The first-order valence-corrected chi connectivity index (χ1v) is 7.27. The van der Waals surface area contributed by atoms with Gasteiger partial charge in [-0.1, -0.05) is 30.3 Å². The van der Waals surface area contributed by atoms with E-state index in [2.05, 4.69) is 10.6 Å². The van der Waals surface area contributed by atoms with Crippen molar-refractivity contribution in [2.45, 2.75) is 19.7 Å². The average Bonchev–Trinajstić information content (AvgIpc) is 2.98. The number of carbonyl (C=O) groups is 1. The molecule has 0 spiro atoms. The molecule has 0 bridgehead atoms. The number of carbonyl (C=O) groups excluding carboxylic acids is 1. The normalized spacial score (nSPS) is 10.2. The number of thiophene rings is 1. The SMILES string of the molecule is COCc1ccccc1CNC(=O)NCc1cccs1. The standard InChI is InChI=1S/C15H18N2O2S/c1-19-11-13-6-3-2-5-12(13)9-16-15(18)17-10-14-7-4-8-20-14/h2-8H,9-11H2,1H3,(H2,16,17,18). The van der Waals surface area contributed by atoms with Crippen molar-refractivity contribution in [2.24, 2.45) is 0 Å². The highest BCUT2D eigenvalue weighted by molar-refractivity contribution is 7.09. The highest BCUT2D eigenvalue weighted by atomic mass is 32.1. The van der Waals surface area contributed by atoms with Gasteiger partial charge in [0, 0.05) is 18.5 Å². The summed E-state index contributed by atoms with van der Waals surface area (Å²) in [5, 5.41) is 7.69. The fraction of sp³-hybridized carbons (Fsp3) is 0.267. The van der Waals surface area contributed by atoms with Crippen LogP contribution in [0.4, 0.5) is 4.79 Å². The van der Waals surface area contributed by atoms with Gasteiger partial charge in [-0.25, -0.2) is 4.79 Å². The van der Waals surface area contributed by atoms with Crippen LogP contribution in [0.25, 0.3) is 0 Å². The zero-order valence-corrected chi connectivity index (χ0v) is 12.2. The van der Waals surface area contributed by atoms with E-state index in [1.165, 1.54) is 0 Å². The van der Waals surface area contributed by atoms with Crippen LogP contribution < -0.4 is 10.6 Å². The van der Waals surface area contributed by atoms with Gasteiger partial charge in [0.25, 0.3) is 0 Å². The molecule has 0 saturated carbocycles. The van der Waals surface area contributed by atoms with Crippen LogP contribution in [-0.4, -0.2) is 13.1 Å². The van der Waals surface area contributed by atoms with Crippen LogP contribution >= 0.6 is 11.3 Å². The molecule has 106 valence electrons. The van der Waals surface area contributed by atoms with Gasteiger partial charge in [-0.15, -0.1) is 11.3 Å². The van der Waals surface area contributed by atoms with Crippen LogP contribution in [0.5, 0.6) is 0 Å². The molecule has 0 atom stereocenters. The third-order valence-electron chi connectivity index (χ3n) is 2.86. The molecule has 0 aliphatic heterocycles. The number of rotatable bonds is 6. The van der Waals surface area contributed by atoms with Gasteiger partial charge in [-0.2, -0.15) is 0 Å². The molecule has 4 nitrogen and oxygen atoms in total. The minimum absolute atomic E-state index is 0.161. The second-order valence-electron chi connectivity index (χ2n) is 4.32. The first-order valence-electron chi connectivity index (χ1n) is 6.39. The van der Waals surface area contributed by atoms with Crippen LogP contribution in [0.2, 0.25) is 0 Å². The minimum atomic E-state index is -0.161. The number of urea groups is 1. The van der Waals surface area contributed by atoms with Crippen molar-refractivity contribution in [1.29, 1.82) is 0 Å². The van der Waals surface area contributed by atoms with E-state index in [1.54, 1.807) is 18.4 Å². The van der Waals surface area contributed by atoms with E-state index in [0.717, 1.165) is 16.0 Å². The summed E-state index contributed by atoms with van der Waals surface area (Å²) in [4.78, 5) is 12.9. The van der Waals surface area contributed by atoms with Crippen molar-refractivity contribution in [3.8, 4) is 0 Å². The Morgan fingerprint density at radius 2 is 1.85 bits per heavy atom. The molecule has 0 aliphatic carbocycles. The number of amides is 2. The lowest BCUT2D eigenvalue weighted by molar-refractivity contribution is 0.184. The predicted octanol–water partition coefficient (Wildman–Crippen LogP) is 2.89. The zero-order chi connectivity index (χ0) is 14.2. The van der Waals surface area contributed by atoms with Crippen LogP contribution in [0.3, 0.4) is 0 Å². The largest absolute Gasteiger partial charge is 0.380 e. The number of ether oxygens (including phenoxy) is 1. The quantitative estimate of drug-likeness (QED) is 0.859. The molecule has 0 aliphatic rings. The maximum Gasteiger partial charge on any atom is 0.315 e. The molecular formula is C15H18N2O2S. The molecule has 2 aromatic rings. The fourth-order valence-electron chi connectivity index (χ4n) is 1.84. The van der Waals surface area contributed by atoms with E-state index >= 15 is 0 Å². The van der Waals surface area contributed by atoms with Gasteiger partial charge < -0.3 is 15.4 Å². The van der Waals surface area contributed by atoms with Crippen LogP contribution in [0.1, 0.15) is 16.0 Å². The topological polar surface area (TPSA) is 50.4 Å². The highest BCUT2D eigenvalue weighted by Gasteiger charge is 2.04. The monoisotopic (exact) mass is 290 g/mol.